The lowest BCUT2D eigenvalue weighted by Gasteiger charge is -1.96. The van der Waals surface area contributed by atoms with E-state index in [0.717, 1.165) is 0 Å². The molecule has 0 heterocycles. The predicted molar refractivity (Wildman–Crippen MR) is 71.6 cm³/mol. The van der Waals surface area contributed by atoms with Crippen LogP contribution < -0.4 is 0 Å². The van der Waals surface area contributed by atoms with E-state index in [9.17, 15) is 0 Å². The molecule has 0 N–H and O–H groups in total. The Morgan fingerprint density at radius 3 is 2.24 bits per heavy atom. The lowest BCUT2D eigenvalue weighted by Crippen LogP contribution is -1.86. The highest BCUT2D eigenvalue weighted by Gasteiger charge is 2.37. The largest absolute Gasteiger partial charge is 0.289 e. The van der Waals surface area contributed by atoms with Gasteiger partial charge in [0.2, 0.25) is 0 Å². The van der Waals surface area contributed by atoms with Gasteiger partial charge in [0.25, 0.3) is 0 Å². The van der Waals surface area contributed by atoms with Gasteiger partial charge in [-0.25, -0.2) is 0 Å². The van der Waals surface area contributed by atoms with Crippen LogP contribution in [0.1, 0.15) is 23.5 Å². The van der Waals surface area contributed by atoms with Gasteiger partial charge in [-0.2, -0.15) is 0 Å². The molecule has 1 aliphatic rings. The molecule has 2 aromatic rings. The van der Waals surface area contributed by atoms with Gasteiger partial charge in [0.1, 0.15) is 0 Å². The molecule has 0 radical (unpaired) electrons. The second kappa shape index (κ2) is 4.54. The Morgan fingerprint density at radius 2 is 1.53 bits per heavy atom. The van der Waals surface area contributed by atoms with Crippen molar-refractivity contribution in [2.24, 2.45) is 4.99 Å². The maximum atomic E-state index is 4.64. The number of hydrogen-bond donors (Lipinski definition) is 0. The SMILES string of the molecule is C(=N[C@@H]1C[C@@H]1c1ccccc1)c1ccccc1. The summed E-state index contributed by atoms with van der Waals surface area (Å²) in [7, 11) is 0. The molecule has 2 atom stereocenters. The van der Waals surface area contributed by atoms with Crippen LogP contribution in [0, 0.1) is 0 Å². The van der Waals surface area contributed by atoms with Crippen molar-refractivity contribution in [1.82, 2.24) is 0 Å². The van der Waals surface area contributed by atoms with Crippen LogP contribution >= 0.6 is 0 Å². The molecule has 0 spiro atoms. The molecule has 0 amide bonds. The lowest BCUT2D eigenvalue weighted by atomic mass is 10.1. The van der Waals surface area contributed by atoms with Gasteiger partial charge >= 0.3 is 0 Å². The summed E-state index contributed by atoms with van der Waals surface area (Å²) in [6, 6.07) is 21.4. The zero-order valence-electron chi connectivity index (χ0n) is 9.66. The Kier molecular flexibility index (Phi) is 2.74. The van der Waals surface area contributed by atoms with Crippen LogP contribution in [-0.4, -0.2) is 12.3 Å². The monoisotopic (exact) mass is 221 g/mol. The van der Waals surface area contributed by atoms with Gasteiger partial charge in [-0.3, -0.25) is 4.99 Å². The average molecular weight is 221 g/mol. The van der Waals surface area contributed by atoms with E-state index in [1.807, 2.05) is 24.4 Å². The topological polar surface area (TPSA) is 12.4 Å². The fourth-order valence-electron chi connectivity index (χ4n) is 2.13. The number of hydrogen-bond acceptors (Lipinski definition) is 1. The molecule has 84 valence electrons. The highest BCUT2D eigenvalue weighted by Crippen LogP contribution is 2.43. The van der Waals surface area contributed by atoms with Crippen LogP contribution in [0.5, 0.6) is 0 Å². The molecule has 1 nitrogen and oxygen atoms in total. The maximum absolute atomic E-state index is 4.64. The van der Waals surface area contributed by atoms with Crippen LogP contribution in [-0.2, 0) is 0 Å². The van der Waals surface area contributed by atoms with E-state index in [1.165, 1.54) is 17.5 Å². The maximum Gasteiger partial charge on any atom is 0.0575 e. The summed E-state index contributed by atoms with van der Waals surface area (Å²) in [5.74, 6) is 0.635. The smallest absolute Gasteiger partial charge is 0.0575 e. The lowest BCUT2D eigenvalue weighted by molar-refractivity contribution is 0.995. The van der Waals surface area contributed by atoms with Crippen molar-refractivity contribution in [2.45, 2.75) is 18.4 Å². The third-order valence-corrected chi connectivity index (χ3v) is 3.20. The van der Waals surface area contributed by atoms with Crippen molar-refractivity contribution < 1.29 is 0 Å². The minimum Gasteiger partial charge on any atom is -0.289 e. The molecule has 0 aromatic heterocycles. The summed E-state index contributed by atoms with van der Waals surface area (Å²) in [5, 5.41) is 0. The standard InChI is InChI=1S/C16H15N/c1-3-7-13(8-4-1)12-17-16-11-15(16)14-9-5-2-6-10-14/h1-10,12,15-16H,11H2/t15-,16-/m1/s1. The molecule has 3 rings (SSSR count). The molecule has 0 aliphatic heterocycles. The highest BCUT2D eigenvalue weighted by atomic mass is 14.8. The third kappa shape index (κ3) is 2.44. The minimum absolute atomic E-state index is 0.484. The first-order chi connectivity index (χ1) is 8.43. The van der Waals surface area contributed by atoms with Crippen molar-refractivity contribution in [3.05, 3.63) is 71.8 Å². The number of nitrogens with zero attached hydrogens (tertiary/aromatic N) is 1. The van der Waals surface area contributed by atoms with Gasteiger partial charge in [-0.05, 0) is 17.5 Å². The van der Waals surface area contributed by atoms with Gasteiger partial charge in [-0.1, -0.05) is 60.7 Å². The van der Waals surface area contributed by atoms with Crippen molar-refractivity contribution in [3.8, 4) is 0 Å². The van der Waals surface area contributed by atoms with E-state index in [-0.39, 0.29) is 0 Å². The molecule has 1 heteroatoms. The highest BCUT2D eigenvalue weighted by molar-refractivity contribution is 5.79. The van der Waals surface area contributed by atoms with Crippen molar-refractivity contribution in [3.63, 3.8) is 0 Å². The van der Waals surface area contributed by atoms with Crippen molar-refractivity contribution in [1.29, 1.82) is 0 Å². The van der Waals surface area contributed by atoms with Gasteiger partial charge in [0, 0.05) is 12.1 Å². The van der Waals surface area contributed by atoms with E-state index < -0.39 is 0 Å². The minimum atomic E-state index is 0.484. The number of rotatable bonds is 3. The molecule has 1 saturated carbocycles. The molecular weight excluding hydrogens is 206 g/mol. The normalized spacial score (nSPS) is 22.8. The second-order valence-electron chi connectivity index (χ2n) is 4.51. The van der Waals surface area contributed by atoms with Gasteiger partial charge in [0.05, 0.1) is 6.04 Å². The van der Waals surface area contributed by atoms with Gasteiger partial charge in [0.15, 0.2) is 0 Å². The molecular formula is C16H15N. The van der Waals surface area contributed by atoms with Crippen molar-refractivity contribution >= 4 is 6.21 Å². The summed E-state index contributed by atoms with van der Waals surface area (Å²) in [4.78, 5) is 4.64. The van der Waals surface area contributed by atoms with E-state index in [4.69, 9.17) is 0 Å². The van der Waals surface area contributed by atoms with Crippen LogP contribution in [0.15, 0.2) is 65.7 Å². The van der Waals surface area contributed by atoms with E-state index in [2.05, 4.69) is 47.5 Å². The van der Waals surface area contributed by atoms with E-state index >= 15 is 0 Å². The quantitative estimate of drug-likeness (QED) is 0.701. The Bertz CT molecular complexity index is 502. The summed E-state index contributed by atoms with van der Waals surface area (Å²) in [5.41, 5.74) is 2.61. The van der Waals surface area contributed by atoms with E-state index in [0.29, 0.717) is 12.0 Å². The summed E-state index contributed by atoms with van der Waals surface area (Å²) >= 11 is 0. The first-order valence-corrected chi connectivity index (χ1v) is 6.06. The Balaban J connectivity index is 1.65. The Labute approximate surface area is 102 Å². The van der Waals surface area contributed by atoms with Crippen molar-refractivity contribution in [2.75, 3.05) is 0 Å². The average Bonchev–Trinajstić information content (AvgIpc) is 3.18. The Hall–Kier alpha value is -1.89. The van der Waals surface area contributed by atoms with Crippen LogP contribution in [0.25, 0.3) is 0 Å². The number of benzene rings is 2. The molecule has 2 aromatic carbocycles. The zero-order chi connectivity index (χ0) is 11.5. The molecule has 0 saturated heterocycles. The molecule has 17 heavy (non-hydrogen) atoms. The first kappa shape index (κ1) is 10.3. The summed E-state index contributed by atoms with van der Waals surface area (Å²) in [6.07, 6.45) is 3.18. The Morgan fingerprint density at radius 1 is 0.882 bits per heavy atom. The fourth-order valence-corrected chi connectivity index (χ4v) is 2.13. The van der Waals surface area contributed by atoms with Gasteiger partial charge in [-0.15, -0.1) is 0 Å². The third-order valence-electron chi connectivity index (χ3n) is 3.20. The predicted octanol–water partition coefficient (Wildman–Crippen LogP) is 3.66. The van der Waals surface area contributed by atoms with E-state index in [1.54, 1.807) is 0 Å². The molecule has 1 fully saturated rings. The summed E-state index contributed by atoms with van der Waals surface area (Å²) < 4.78 is 0. The van der Waals surface area contributed by atoms with Crippen LogP contribution in [0.2, 0.25) is 0 Å². The number of aliphatic imine (C=N–C) groups is 1. The fraction of sp³-hybridized carbons (Fsp3) is 0.188. The molecule has 0 unspecified atom stereocenters. The van der Waals surface area contributed by atoms with Crippen LogP contribution in [0.4, 0.5) is 0 Å². The first-order valence-electron chi connectivity index (χ1n) is 6.06. The zero-order valence-corrected chi connectivity index (χ0v) is 9.66. The molecule has 0 bridgehead atoms. The van der Waals surface area contributed by atoms with Crippen LogP contribution in [0.3, 0.4) is 0 Å². The molecule has 1 aliphatic carbocycles. The second-order valence-corrected chi connectivity index (χ2v) is 4.51. The summed E-state index contributed by atoms with van der Waals surface area (Å²) in [6.45, 7) is 0. The van der Waals surface area contributed by atoms with Gasteiger partial charge < -0.3 is 0 Å².